The van der Waals surface area contributed by atoms with Crippen LogP contribution in [0.5, 0.6) is 17.4 Å². The summed E-state index contributed by atoms with van der Waals surface area (Å²) in [4.78, 5) is 4.18. The van der Waals surface area contributed by atoms with E-state index in [0.29, 0.717) is 23.8 Å². The number of ether oxygens (including phenoxy) is 3. The fourth-order valence-corrected chi connectivity index (χ4v) is 2.46. The molecule has 0 radical (unpaired) electrons. The summed E-state index contributed by atoms with van der Waals surface area (Å²) in [5, 5.41) is 10.3. The highest BCUT2D eigenvalue weighted by Crippen LogP contribution is 2.42. The van der Waals surface area contributed by atoms with Gasteiger partial charge in [-0.2, -0.15) is 0 Å². The lowest BCUT2D eigenvalue weighted by Crippen LogP contribution is -2.19. The molecule has 1 unspecified atom stereocenters. The zero-order valence-electron chi connectivity index (χ0n) is 11.9. The molecule has 0 amide bonds. The maximum atomic E-state index is 10.3. The van der Waals surface area contributed by atoms with Crippen LogP contribution in [0.3, 0.4) is 0 Å². The van der Waals surface area contributed by atoms with E-state index < -0.39 is 6.10 Å². The zero-order valence-corrected chi connectivity index (χ0v) is 11.9. The fourth-order valence-electron chi connectivity index (χ4n) is 2.46. The van der Waals surface area contributed by atoms with Crippen molar-refractivity contribution in [3.05, 3.63) is 47.7 Å². The molecule has 1 aliphatic heterocycles. The normalized spacial score (nSPS) is 20.3. The number of aliphatic hydroxyl groups is 1. The third-order valence-electron chi connectivity index (χ3n) is 3.62. The van der Waals surface area contributed by atoms with Crippen molar-refractivity contribution in [3.8, 4) is 17.4 Å². The number of pyridine rings is 1. The second-order valence-electron chi connectivity index (χ2n) is 4.90. The first kappa shape index (κ1) is 13.7. The minimum atomic E-state index is -0.587. The third kappa shape index (κ3) is 2.64. The molecule has 1 aromatic heterocycles. The first-order valence-electron chi connectivity index (χ1n) is 6.74. The molecule has 0 spiro atoms. The van der Waals surface area contributed by atoms with Crippen LogP contribution in [0.1, 0.15) is 29.8 Å². The molecule has 110 valence electrons. The highest BCUT2D eigenvalue weighted by atomic mass is 16.5. The number of nitrogens with zero attached hydrogens (tertiary/aromatic N) is 1. The van der Waals surface area contributed by atoms with Crippen LogP contribution >= 0.6 is 0 Å². The summed E-state index contributed by atoms with van der Waals surface area (Å²) in [6.07, 6.45) is 1.38. The molecule has 1 aliphatic rings. The van der Waals surface area contributed by atoms with Gasteiger partial charge < -0.3 is 19.3 Å². The summed E-state index contributed by atoms with van der Waals surface area (Å²) in [5.74, 6) is 1.94. The van der Waals surface area contributed by atoms with Crippen LogP contribution in [0.2, 0.25) is 0 Å². The van der Waals surface area contributed by atoms with Gasteiger partial charge in [-0.15, -0.1) is 0 Å². The fraction of sp³-hybridized carbons (Fsp3) is 0.312. The summed E-state index contributed by atoms with van der Waals surface area (Å²) < 4.78 is 16.2. The number of benzene rings is 1. The molecular weight excluding hydrogens is 270 g/mol. The summed E-state index contributed by atoms with van der Waals surface area (Å²) in [6, 6.07) is 9.13. The number of methoxy groups -OCH3 is 2. The van der Waals surface area contributed by atoms with E-state index in [9.17, 15) is 5.11 Å². The Balaban J connectivity index is 1.87. The van der Waals surface area contributed by atoms with Crippen molar-refractivity contribution in [1.29, 1.82) is 0 Å². The van der Waals surface area contributed by atoms with Gasteiger partial charge in [0.2, 0.25) is 5.88 Å². The Morgan fingerprint density at radius 2 is 2.05 bits per heavy atom. The largest absolute Gasteiger partial charge is 0.497 e. The zero-order chi connectivity index (χ0) is 14.8. The molecule has 1 N–H and O–H groups in total. The molecule has 2 atom stereocenters. The summed E-state index contributed by atoms with van der Waals surface area (Å²) in [5.41, 5.74) is 1.67. The highest BCUT2D eigenvalue weighted by molar-refractivity contribution is 5.43. The van der Waals surface area contributed by atoms with Crippen molar-refractivity contribution in [2.75, 3.05) is 14.2 Å². The average molecular weight is 287 g/mol. The Morgan fingerprint density at radius 3 is 2.71 bits per heavy atom. The average Bonchev–Trinajstić information content (AvgIpc) is 2.54. The van der Waals surface area contributed by atoms with Crippen molar-refractivity contribution in [2.45, 2.75) is 18.6 Å². The molecule has 0 aliphatic carbocycles. The maximum Gasteiger partial charge on any atom is 0.212 e. The van der Waals surface area contributed by atoms with Crippen molar-refractivity contribution in [1.82, 2.24) is 4.98 Å². The topological polar surface area (TPSA) is 60.8 Å². The number of hydrogen-bond donors (Lipinski definition) is 1. The SMILES string of the molecule is COc1ccc2c(c1)[C@@H](O)CC(c1ccc(OC)nc1)O2. The minimum Gasteiger partial charge on any atom is -0.497 e. The van der Waals surface area contributed by atoms with E-state index in [1.165, 1.54) is 0 Å². The van der Waals surface area contributed by atoms with Gasteiger partial charge in [0.1, 0.15) is 17.6 Å². The Kier molecular flexibility index (Phi) is 3.66. The number of fused-ring (bicyclic) bond motifs is 1. The van der Waals surface area contributed by atoms with Crippen LogP contribution in [0, 0.1) is 0 Å². The van der Waals surface area contributed by atoms with E-state index in [4.69, 9.17) is 14.2 Å². The lowest BCUT2D eigenvalue weighted by molar-refractivity contribution is 0.0652. The lowest BCUT2D eigenvalue weighted by Gasteiger charge is -2.30. The van der Waals surface area contributed by atoms with Gasteiger partial charge in [-0.3, -0.25) is 0 Å². The number of rotatable bonds is 3. The van der Waals surface area contributed by atoms with Gasteiger partial charge in [0.25, 0.3) is 0 Å². The van der Waals surface area contributed by atoms with Crippen molar-refractivity contribution in [2.24, 2.45) is 0 Å². The van der Waals surface area contributed by atoms with Gasteiger partial charge in [0.15, 0.2) is 0 Å². The first-order chi connectivity index (χ1) is 10.2. The Bertz CT molecular complexity index is 627. The van der Waals surface area contributed by atoms with E-state index in [0.717, 1.165) is 11.1 Å². The van der Waals surface area contributed by atoms with Crippen LogP contribution in [-0.4, -0.2) is 24.3 Å². The quantitative estimate of drug-likeness (QED) is 0.940. The number of aliphatic hydroxyl groups excluding tert-OH is 1. The number of aromatic nitrogens is 1. The van der Waals surface area contributed by atoms with E-state index >= 15 is 0 Å². The van der Waals surface area contributed by atoms with E-state index in [-0.39, 0.29) is 6.10 Å². The van der Waals surface area contributed by atoms with Crippen LogP contribution in [0.25, 0.3) is 0 Å². The van der Waals surface area contributed by atoms with Gasteiger partial charge in [0.05, 0.1) is 20.3 Å². The highest BCUT2D eigenvalue weighted by Gasteiger charge is 2.28. The van der Waals surface area contributed by atoms with Gasteiger partial charge in [-0.05, 0) is 24.3 Å². The molecule has 0 bridgehead atoms. The van der Waals surface area contributed by atoms with Crippen LogP contribution in [0.15, 0.2) is 36.5 Å². The smallest absolute Gasteiger partial charge is 0.212 e. The Labute approximate surface area is 123 Å². The molecule has 1 aromatic carbocycles. The van der Waals surface area contributed by atoms with Crippen LogP contribution < -0.4 is 14.2 Å². The van der Waals surface area contributed by atoms with Crippen molar-refractivity contribution in [3.63, 3.8) is 0 Å². The molecule has 2 aromatic rings. The Morgan fingerprint density at radius 1 is 1.19 bits per heavy atom. The molecule has 0 saturated heterocycles. The minimum absolute atomic E-state index is 0.223. The van der Waals surface area contributed by atoms with Crippen LogP contribution in [0.4, 0.5) is 0 Å². The van der Waals surface area contributed by atoms with E-state index in [2.05, 4.69) is 4.98 Å². The van der Waals surface area contributed by atoms with Crippen molar-refractivity contribution < 1.29 is 19.3 Å². The molecule has 3 rings (SSSR count). The van der Waals surface area contributed by atoms with E-state index in [1.807, 2.05) is 24.3 Å². The van der Waals surface area contributed by atoms with Gasteiger partial charge in [-0.1, -0.05) is 0 Å². The molecule has 5 nitrogen and oxygen atoms in total. The lowest BCUT2D eigenvalue weighted by atomic mass is 9.95. The monoisotopic (exact) mass is 287 g/mol. The molecule has 0 fully saturated rings. The molecule has 2 heterocycles. The first-order valence-corrected chi connectivity index (χ1v) is 6.74. The van der Waals surface area contributed by atoms with Gasteiger partial charge >= 0.3 is 0 Å². The molecule has 0 saturated carbocycles. The second-order valence-corrected chi connectivity index (χ2v) is 4.90. The predicted molar refractivity (Wildman–Crippen MR) is 76.7 cm³/mol. The summed E-state index contributed by atoms with van der Waals surface area (Å²) >= 11 is 0. The second kappa shape index (κ2) is 5.61. The van der Waals surface area contributed by atoms with Crippen molar-refractivity contribution >= 4 is 0 Å². The maximum absolute atomic E-state index is 10.3. The Hall–Kier alpha value is -2.27. The van der Waals surface area contributed by atoms with E-state index in [1.54, 1.807) is 26.5 Å². The molecule has 5 heteroatoms. The van der Waals surface area contributed by atoms with Gasteiger partial charge in [0, 0.05) is 29.8 Å². The van der Waals surface area contributed by atoms with Gasteiger partial charge in [-0.25, -0.2) is 4.98 Å². The molecular formula is C16H17NO4. The van der Waals surface area contributed by atoms with Crippen LogP contribution in [-0.2, 0) is 0 Å². The summed E-state index contributed by atoms with van der Waals surface area (Å²) in [6.45, 7) is 0. The summed E-state index contributed by atoms with van der Waals surface area (Å²) in [7, 11) is 3.18. The molecule has 21 heavy (non-hydrogen) atoms. The number of hydrogen-bond acceptors (Lipinski definition) is 5. The third-order valence-corrected chi connectivity index (χ3v) is 3.62. The predicted octanol–water partition coefficient (Wildman–Crippen LogP) is 2.66. The standard InChI is InChI=1S/C16H17NO4/c1-19-11-4-5-14-12(7-11)13(18)8-15(21-14)10-3-6-16(20-2)17-9-10/h3-7,9,13,15,18H,8H2,1-2H3/t13-,15?/m0/s1.